The number of phenolic OH excluding ortho intramolecular Hbond substituents is 1. The minimum Gasteiger partial charge on any atom is -0.508 e. The van der Waals surface area contributed by atoms with E-state index in [1.54, 1.807) is 18.3 Å². The lowest BCUT2D eigenvalue weighted by molar-refractivity contribution is 0.169. The van der Waals surface area contributed by atoms with Crippen molar-refractivity contribution in [1.82, 2.24) is 4.98 Å². The number of halogens is 1. The van der Waals surface area contributed by atoms with E-state index in [4.69, 9.17) is 16.3 Å². The van der Waals surface area contributed by atoms with Gasteiger partial charge in [0.05, 0.1) is 34.4 Å². The molecule has 1 aromatic heterocycles. The molecule has 0 bridgehead atoms. The molecule has 3 N–H and O–H groups in total. The third-order valence-electron chi connectivity index (χ3n) is 5.82. The SMILES string of the molecule is O=S1(=O)CC(CO)=C2[C@@H](CC/C(=C/c3ccc(O)cc3Cl)c3ccccn3)OB(O)C[C@@H]21. The summed E-state index contributed by atoms with van der Waals surface area (Å²) in [6.45, 7) is -0.354. The van der Waals surface area contributed by atoms with E-state index in [1.165, 1.54) is 6.07 Å². The Hall–Kier alpha value is -2.17. The van der Waals surface area contributed by atoms with E-state index in [0.717, 1.165) is 11.3 Å². The zero-order valence-corrected chi connectivity index (χ0v) is 18.8. The molecule has 1 aromatic carbocycles. The molecule has 4 rings (SSSR count). The van der Waals surface area contributed by atoms with Crippen molar-refractivity contribution in [3.05, 3.63) is 70.0 Å². The predicted octanol–water partition coefficient (Wildman–Crippen LogP) is 2.73. The number of aliphatic hydroxyl groups excluding tert-OH is 1. The highest BCUT2D eigenvalue weighted by molar-refractivity contribution is 7.92. The van der Waals surface area contributed by atoms with Crippen molar-refractivity contribution in [3.63, 3.8) is 0 Å². The summed E-state index contributed by atoms with van der Waals surface area (Å²) < 4.78 is 30.8. The molecule has 0 spiro atoms. The maximum Gasteiger partial charge on any atom is 0.456 e. The Morgan fingerprint density at radius 3 is 2.81 bits per heavy atom. The van der Waals surface area contributed by atoms with Crippen LogP contribution in [-0.4, -0.2) is 59.5 Å². The van der Waals surface area contributed by atoms with Crippen molar-refractivity contribution in [2.75, 3.05) is 12.4 Å². The van der Waals surface area contributed by atoms with Gasteiger partial charge in [0.1, 0.15) is 5.75 Å². The summed E-state index contributed by atoms with van der Waals surface area (Å²) in [4.78, 5) is 4.42. The van der Waals surface area contributed by atoms with Gasteiger partial charge in [0.2, 0.25) is 0 Å². The van der Waals surface area contributed by atoms with Gasteiger partial charge in [-0.2, -0.15) is 0 Å². The van der Waals surface area contributed by atoms with Gasteiger partial charge in [-0.15, -0.1) is 0 Å². The zero-order valence-electron chi connectivity index (χ0n) is 17.2. The van der Waals surface area contributed by atoms with E-state index >= 15 is 0 Å². The molecule has 2 aliphatic heterocycles. The second kappa shape index (κ2) is 9.37. The molecule has 0 aliphatic carbocycles. The lowest BCUT2D eigenvalue weighted by Gasteiger charge is -2.32. The lowest BCUT2D eigenvalue weighted by atomic mass is 9.74. The first-order valence-corrected chi connectivity index (χ1v) is 12.4. The highest BCUT2D eigenvalue weighted by atomic mass is 35.5. The van der Waals surface area contributed by atoms with Crippen LogP contribution in [0.2, 0.25) is 11.3 Å². The molecular formula is C22H23BClNO6S. The number of fused-ring (bicyclic) bond motifs is 1. The average Bonchev–Trinajstić information content (AvgIpc) is 3.03. The Balaban J connectivity index is 1.65. The van der Waals surface area contributed by atoms with Crippen LogP contribution in [0.5, 0.6) is 5.75 Å². The van der Waals surface area contributed by atoms with Crippen LogP contribution in [0.15, 0.2) is 53.7 Å². The van der Waals surface area contributed by atoms with Crippen LogP contribution in [-0.2, 0) is 14.5 Å². The van der Waals surface area contributed by atoms with E-state index in [2.05, 4.69) is 4.98 Å². The fourth-order valence-corrected chi connectivity index (χ4v) is 6.69. The minimum absolute atomic E-state index is 0.0241. The molecule has 0 saturated carbocycles. The maximum atomic E-state index is 12.5. The largest absolute Gasteiger partial charge is 0.508 e. The second-order valence-electron chi connectivity index (χ2n) is 7.96. The van der Waals surface area contributed by atoms with Gasteiger partial charge in [-0.3, -0.25) is 4.98 Å². The third-order valence-corrected chi connectivity index (χ3v) is 8.21. The fraction of sp³-hybridized carbons (Fsp3) is 0.318. The minimum atomic E-state index is -3.47. The first kappa shape index (κ1) is 23.0. The highest BCUT2D eigenvalue weighted by Gasteiger charge is 2.48. The van der Waals surface area contributed by atoms with Crippen LogP contribution in [0.25, 0.3) is 11.6 Å². The molecule has 0 unspecified atom stereocenters. The number of hydrogen-bond acceptors (Lipinski definition) is 7. The molecular weight excluding hydrogens is 453 g/mol. The van der Waals surface area contributed by atoms with Crippen molar-refractivity contribution >= 4 is 40.2 Å². The summed E-state index contributed by atoms with van der Waals surface area (Å²) in [7, 11) is -4.65. The van der Waals surface area contributed by atoms with E-state index in [9.17, 15) is 23.7 Å². The van der Waals surface area contributed by atoms with Crippen LogP contribution in [0.3, 0.4) is 0 Å². The van der Waals surface area contributed by atoms with Gasteiger partial charge in [0.25, 0.3) is 0 Å². The molecule has 168 valence electrons. The van der Waals surface area contributed by atoms with Crippen molar-refractivity contribution in [2.45, 2.75) is 30.5 Å². The van der Waals surface area contributed by atoms with Crippen LogP contribution in [0.1, 0.15) is 24.1 Å². The number of allylic oxidation sites excluding steroid dienone is 1. The molecule has 1 fully saturated rings. The first-order chi connectivity index (χ1) is 15.3. The van der Waals surface area contributed by atoms with Gasteiger partial charge in [0, 0.05) is 12.5 Å². The monoisotopic (exact) mass is 475 g/mol. The van der Waals surface area contributed by atoms with Crippen molar-refractivity contribution in [2.24, 2.45) is 0 Å². The van der Waals surface area contributed by atoms with Gasteiger partial charge in [-0.1, -0.05) is 17.7 Å². The summed E-state index contributed by atoms with van der Waals surface area (Å²) in [5, 5.41) is 29.1. The number of sulfone groups is 1. The van der Waals surface area contributed by atoms with Crippen LogP contribution in [0, 0.1) is 0 Å². The molecule has 2 aromatic rings. The molecule has 10 heteroatoms. The number of aromatic hydroxyl groups is 1. The van der Waals surface area contributed by atoms with E-state index in [0.29, 0.717) is 34.6 Å². The predicted molar refractivity (Wildman–Crippen MR) is 124 cm³/mol. The molecule has 0 radical (unpaired) electrons. The molecule has 2 aliphatic rings. The fourth-order valence-electron chi connectivity index (χ4n) is 4.35. The van der Waals surface area contributed by atoms with E-state index in [1.807, 2.05) is 24.3 Å². The number of phenols is 1. The Labute approximate surface area is 192 Å². The van der Waals surface area contributed by atoms with E-state index < -0.39 is 28.3 Å². The first-order valence-electron chi connectivity index (χ1n) is 10.3. The number of hydrogen-bond donors (Lipinski definition) is 3. The number of pyridine rings is 1. The summed E-state index contributed by atoms with van der Waals surface area (Å²) in [6, 6.07) is 10.2. The van der Waals surface area contributed by atoms with Crippen molar-refractivity contribution in [1.29, 1.82) is 0 Å². The molecule has 7 nitrogen and oxygen atoms in total. The number of rotatable bonds is 6. The highest BCUT2D eigenvalue weighted by Crippen LogP contribution is 2.40. The Morgan fingerprint density at radius 1 is 1.31 bits per heavy atom. The molecule has 32 heavy (non-hydrogen) atoms. The third kappa shape index (κ3) is 4.77. The van der Waals surface area contributed by atoms with Crippen molar-refractivity contribution in [3.8, 4) is 5.75 Å². The smallest absolute Gasteiger partial charge is 0.456 e. The Kier molecular flexibility index (Phi) is 6.74. The number of aliphatic hydroxyl groups is 1. The quantitative estimate of drug-likeness (QED) is 0.434. The van der Waals surface area contributed by atoms with E-state index in [-0.39, 0.29) is 24.4 Å². The Morgan fingerprint density at radius 2 is 2.12 bits per heavy atom. The zero-order chi connectivity index (χ0) is 22.9. The van der Waals surface area contributed by atoms with Gasteiger partial charge in [0.15, 0.2) is 9.84 Å². The molecule has 3 heterocycles. The summed E-state index contributed by atoms with van der Waals surface area (Å²) in [5.74, 6) is -0.143. The maximum absolute atomic E-state index is 12.5. The van der Waals surface area contributed by atoms with Gasteiger partial charge in [-0.05, 0) is 71.5 Å². The number of nitrogens with zero attached hydrogens (tertiary/aromatic N) is 1. The van der Waals surface area contributed by atoms with Crippen LogP contribution < -0.4 is 0 Å². The molecule has 0 amide bonds. The number of benzene rings is 1. The van der Waals surface area contributed by atoms with Crippen molar-refractivity contribution < 1.29 is 28.3 Å². The molecule has 2 atom stereocenters. The van der Waals surface area contributed by atoms with Crippen LogP contribution in [0.4, 0.5) is 0 Å². The van der Waals surface area contributed by atoms with Crippen LogP contribution >= 0.6 is 11.6 Å². The summed E-state index contributed by atoms with van der Waals surface area (Å²) in [6.07, 6.45) is 3.73. The topological polar surface area (TPSA) is 117 Å². The Bertz CT molecular complexity index is 1170. The number of aromatic nitrogens is 1. The lowest BCUT2D eigenvalue weighted by Crippen LogP contribution is -2.42. The molecule has 1 saturated heterocycles. The van der Waals surface area contributed by atoms with Gasteiger partial charge < -0.3 is 19.9 Å². The second-order valence-corrected chi connectivity index (χ2v) is 10.5. The summed E-state index contributed by atoms with van der Waals surface area (Å²) in [5.41, 5.74) is 3.29. The summed E-state index contributed by atoms with van der Waals surface area (Å²) >= 11 is 6.29. The van der Waals surface area contributed by atoms with Gasteiger partial charge >= 0.3 is 7.12 Å². The van der Waals surface area contributed by atoms with Gasteiger partial charge in [-0.25, -0.2) is 8.42 Å². The standard InChI is InChI=1S/C22H23BClNO6S/c24-18-10-17(27)6-4-14(18)9-15(19-3-1-2-8-25-19)5-7-20-22-16(12-26)13-32(29,30)21(22)11-23(28)31-20/h1-4,6,8-10,20-21,26-28H,5,7,11-13H2/b15-9-/t20-,21+/m1/s1. The average molecular weight is 476 g/mol. The normalized spacial score (nSPS) is 22.8.